The van der Waals surface area contributed by atoms with Gasteiger partial charge in [-0.1, -0.05) is 19.3 Å². The van der Waals surface area contributed by atoms with Crippen molar-refractivity contribution in [3.63, 3.8) is 0 Å². The first-order chi connectivity index (χ1) is 8.16. The third kappa shape index (κ3) is 3.42. The molecular weight excluding hydrogens is 256 g/mol. The van der Waals surface area contributed by atoms with Crippen LogP contribution in [0.3, 0.4) is 0 Å². The highest BCUT2D eigenvalue weighted by atomic mass is 35.5. The molecule has 94 valence electrons. The molecule has 0 spiro atoms. The predicted octanol–water partition coefficient (Wildman–Crippen LogP) is 3.18. The highest BCUT2D eigenvalue weighted by Gasteiger charge is 2.24. The number of aryl methyl sites for hydroxylation is 1. The van der Waals surface area contributed by atoms with Crippen LogP contribution < -0.4 is 5.32 Å². The van der Waals surface area contributed by atoms with Crippen LogP contribution in [-0.4, -0.2) is 16.9 Å². The summed E-state index contributed by atoms with van der Waals surface area (Å²) < 4.78 is 0. The minimum atomic E-state index is -0.643. The Balaban J connectivity index is 1.90. The first-order valence-electron chi connectivity index (χ1n) is 6.03. The zero-order valence-corrected chi connectivity index (χ0v) is 11.5. The summed E-state index contributed by atoms with van der Waals surface area (Å²) in [5.74, 6) is -0.104. The summed E-state index contributed by atoms with van der Waals surface area (Å²) >= 11 is 7.57. The van der Waals surface area contributed by atoms with Crippen molar-refractivity contribution in [1.29, 1.82) is 0 Å². The lowest BCUT2D eigenvalue weighted by Gasteiger charge is -2.23. The highest BCUT2D eigenvalue weighted by Crippen LogP contribution is 2.25. The van der Waals surface area contributed by atoms with E-state index in [1.807, 2.05) is 12.3 Å². The van der Waals surface area contributed by atoms with Crippen molar-refractivity contribution in [2.24, 2.45) is 0 Å². The highest BCUT2D eigenvalue weighted by molar-refractivity contribution is 7.10. The molecule has 1 amide bonds. The topological polar surface area (TPSA) is 42.0 Å². The molecule has 17 heavy (non-hydrogen) atoms. The van der Waals surface area contributed by atoms with Gasteiger partial charge < -0.3 is 5.32 Å². The fraction of sp³-hybridized carbons (Fsp3) is 0.667. The second kappa shape index (κ2) is 5.83. The van der Waals surface area contributed by atoms with E-state index in [4.69, 9.17) is 11.6 Å². The lowest BCUT2D eigenvalue weighted by molar-refractivity contribution is -0.121. The number of carbonyl (C=O) groups excluding carboxylic acids is 1. The summed E-state index contributed by atoms with van der Waals surface area (Å²) in [5.41, 5.74) is 0.918. The third-order valence-electron chi connectivity index (χ3n) is 3.04. The van der Waals surface area contributed by atoms with Gasteiger partial charge in [-0.2, -0.15) is 0 Å². The number of hydrogen-bond donors (Lipinski definition) is 1. The van der Waals surface area contributed by atoms with Crippen molar-refractivity contribution >= 4 is 28.8 Å². The number of alkyl halides is 1. The normalized spacial score (nSPS) is 18.9. The van der Waals surface area contributed by atoms with Crippen LogP contribution in [0.5, 0.6) is 0 Å². The Bertz CT molecular complexity index is 388. The van der Waals surface area contributed by atoms with Gasteiger partial charge in [0.15, 0.2) is 5.38 Å². The minimum Gasteiger partial charge on any atom is -0.352 e. The summed E-state index contributed by atoms with van der Waals surface area (Å²) in [4.78, 5) is 16.2. The van der Waals surface area contributed by atoms with Crippen LogP contribution in [0.25, 0.3) is 0 Å². The van der Waals surface area contributed by atoms with E-state index in [9.17, 15) is 4.79 Å². The Hall–Kier alpha value is -0.610. The van der Waals surface area contributed by atoms with Crippen molar-refractivity contribution in [3.8, 4) is 0 Å². The molecule has 1 aromatic heterocycles. The predicted molar refractivity (Wildman–Crippen MR) is 70.5 cm³/mol. The standard InChI is InChI=1S/C12H17ClN2OS/c1-8-7-17-12(14-8)10(13)11(16)15-9-5-3-2-4-6-9/h7,9-10H,2-6H2,1H3,(H,15,16). The van der Waals surface area contributed by atoms with Gasteiger partial charge in [-0.15, -0.1) is 22.9 Å². The lowest BCUT2D eigenvalue weighted by atomic mass is 9.95. The van der Waals surface area contributed by atoms with Gasteiger partial charge in [0, 0.05) is 17.1 Å². The van der Waals surface area contributed by atoms with Crippen LogP contribution in [0.2, 0.25) is 0 Å². The van der Waals surface area contributed by atoms with Crippen molar-refractivity contribution in [2.75, 3.05) is 0 Å². The zero-order valence-electron chi connectivity index (χ0n) is 9.91. The molecule has 1 aromatic rings. The monoisotopic (exact) mass is 272 g/mol. The van der Waals surface area contributed by atoms with Gasteiger partial charge in [0.25, 0.3) is 0 Å². The van der Waals surface area contributed by atoms with Gasteiger partial charge >= 0.3 is 0 Å². The molecule has 1 aliphatic rings. The number of halogens is 1. The smallest absolute Gasteiger partial charge is 0.245 e. The van der Waals surface area contributed by atoms with E-state index >= 15 is 0 Å². The van der Waals surface area contributed by atoms with Gasteiger partial charge in [-0.25, -0.2) is 4.98 Å². The maximum atomic E-state index is 11.9. The number of amides is 1. The summed E-state index contributed by atoms with van der Waals surface area (Å²) in [6.45, 7) is 1.91. The van der Waals surface area contributed by atoms with Crippen LogP contribution >= 0.6 is 22.9 Å². The minimum absolute atomic E-state index is 0.104. The van der Waals surface area contributed by atoms with Crippen molar-refractivity contribution in [1.82, 2.24) is 10.3 Å². The molecule has 5 heteroatoms. The summed E-state index contributed by atoms with van der Waals surface area (Å²) in [7, 11) is 0. The van der Waals surface area contributed by atoms with E-state index in [0.717, 1.165) is 18.5 Å². The first kappa shape index (κ1) is 12.8. The van der Waals surface area contributed by atoms with E-state index in [-0.39, 0.29) is 5.91 Å². The summed E-state index contributed by atoms with van der Waals surface area (Å²) in [5, 5.41) is 4.99. The Labute approximate surface area is 111 Å². The van der Waals surface area contributed by atoms with Gasteiger partial charge in [0.1, 0.15) is 5.01 Å². The Morgan fingerprint density at radius 2 is 2.24 bits per heavy atom. The Morgan fingerprint density at radius 3 is 2.82 bits per heavy atom. The van der Waals surface area contributed by atoms with Gasteiger partial charge in [-0.05, 0) is 19.8 Å². The second-order valence-electron chi connectivity index (χ2n) is 4.53. The molecule has 3 nitrogen and oxygen atoms in total. The fourth-order valence-corrected chi connectivity index (χ4v) is 3.16. The molecule has 0 aromatic carbocycles. The summed E-state index contributed by atoms with van der Waals surface area (Å²) in [6, 6.07) is 0.304. The maximum Gasteiger partial charge on any atom is 0.245 e. The van der Waals surface area contributed by atoms with Crippen molar-refractivity contribution < 1.29 is 4.79 Å². The molecule has 2 rings (SSSR count). The molecule has 1 atom stereocenters. The number of carbonyl (C=O) groups is 1. The SMILES string of the molecule is Cc1csc(C(Cl)C(=O)NC2CCCCC2)n1. The molecule has 0 saturated heterocycles. The molecule has 0 bridgehead atoms. The van der Waals surface area contributed by atoms with Crippen LogP contribution in [0.4, 0.5) is 0 Å². The van der Waals surface area contributed by atoms with Crippen molar-refractivity contribution in [3.05, 3.63) is 16.1 Å². The van der Waals surface area contributed by atoms with Crippen LogP contribution in [0.1, 0.15) is 48.2 Å². The molecule has 1 N–H and O–H groups in total. The van der Waals surface area contributed by atoms with Crippen LogP contribution in [0.15, 0.2) is 5.38 Å². The maximum absolute atomic E-state index is 11.9. The molecule has 0 aliphatic heterocycles. The van der Waals surface area contributed by atoms with E-state index in [1.165, 1.54) is 30.6 Å². The van der Waals surface area contributed by atoms with Crippen molar-refractivity contribution in [2.45, 2.75) is 50.4 Å². The zero-order chi connectivity index (χ0) is 12.3. The molecule has 1 aliphatic carbocycles. The average molecular weight is 273 g/mol. The molecule has 1 fully saturated rings. The molecular formula is C12H17ClN2OS. The Kier molecular flexibility index (Phi) is 4.40. The number of nitrogens with one attached hydrogen (secondary N) is 1. The van der Waals surface area contributed by atoms with E-state index in [0.29, 0.717) is 11.0 Å². The largest absolute Gasteiger partial charge is 0.352 e. The fourth-order valence-electron chi connectivity index (χ4n) is 2.12. The second-order valence-corrected chi connectivity index (χ2v) is 5.86. The summed E-state index contributed by atoms with van der Waals surface area (Å²) in [6.07, 6.45) is 5.84. The third-order valence-corrected chi connectivity index (χ3v) is 4.60. The molecule has 1 saturated carbocycles. The van der Waals surface area contributed by atoms with E-state index in [2.05, 4.69) is 10.3 Å². The average Bonchev–Trinajstić information content (AvgIpc) is 2.76. The van der Waals surface area contributed by atoms with Gasteiger partial charge in [0.05, 0.1) is 0 Å². The Morgan fingerprint density at radius 1 is 1.53 bits per heavy atom. The number of rotatable bonds is 3. The number of nitrogens with zero attached hydrogens (tertiary/aromatic N) is 1. The number of thiazole rings is 1. The number of hydrogen-bond acceptors (Lipinski definition) is 3. The molecule has 1 unspecified atom stereocenters. The van der Waals surface area contributed by atoms with Gasteiger partial charge in [-0.3, -0.25) is 4.79 Å². The molecule has 0 radical (unpaired) electrons. The molecule has 1 heterocycles. The van der Waals surface area contributed by atoms with E-state index < -0.39 is 5.38 Å². The first-order valence-corrected chi connectivity index (χ1v) is 7.35. The van der Waals surface area contributed by atoms with Crippen LogP contribution in [-0.2, 0) is 4.79 Å². The lowest BCUT2D eigenvalue weighted by Crippen LogP contribution is -2.38. The number of aromatic nitrogens is 1. The quantitative estimate of drug-likeness (QED) is 0.859. The van der Waals surface area contributed by atoms with E-state index in [1.54, 1.807) is 0 Å². The van der Waals surface area contributed by atoms with Gasteiger partial charge in [0.2, 0.25) is 5.91 Å². The van der Waals surface area contributed by atoms with Crippen LogP contribution in [0, 0.1) is 6.92 Å².